The number of anilines is 1. The molecule has 0 saturated carbocycles. The SMILES string of the molecule is COc1ccccc1CNC(=O)c1cc(C(=O)Nc2cccc(C)c2C)ccn1. The molecule has 3 aromatic rings. The molecule has 2 N–H and O–H groups in total. The fourth-order valence-electron chi connectivity index (χ4n) is 2.89. The number of nitrogens with one attached hydrogen (secondary N) is 2. The van der Waals surface area contributed by atoms with E-state index in [0.717, 1.165) is 22.4 Å². The van der Waals surface area contributed by atoms with E-state index in [2.05, 4.69) is 15.6 Å². The molecule has 0 spiro atoms. The summed E-state index contributed by atoms with van der Waals surface area (Å²) in [5, 5.41) is 5.70. The van der Waals surface area contributed by atoms with Crippen LogP contribution in [-0.4, -0.2) is 23.9 Å². The van der Waals surface area contributed by atoms with E-state index in [0.29, 0.717) is 17.9 Å². The topological polar surface area (TPSA) is 80.3 Å². The van der Waals surface area contributed by atoms with Crippen molar-refractivity contribution in [3.05, 3.63) is 88.7 Å². The predicted molar refractivity (Wildman–Crippen MR) is 112 cm³/mol. The lowest BCUT2D eigenvalue weighted by Crippen LogP contribution is -2.24. The molecule has 2 aromatic carbocycles. The lowest BCUT2D eigenvalue weighted by atomic mass is 10.1. The summed E-state index contributed by atoms with van der Waals surface area (Å²) in [6.45, 7) is 4.24. The van der Waals surface area contributed by atoms with Gasteiger partial charge in [-0.1, -0.05) is 30.3 Å². The summed E-state index contributed by atoms with van der Waals surface area (Å²) >= 11 is 0. The molecule has 29 heavy (non-hydrogen) atoms. The summed E-state index contributed by atoms with van der Waals surface area (Å²) in [5.74, 6) is 0.0413. The van der Waals surface area contributed by atoms with Crippen LogP contribution >= 0.6 is 0 Å². The van der Waals surface area contributed by atoms with Crippen molar-refractivity contribution in [2.45, 2.75) is 20.4 Å². The van der Waals surface area contributed by atoms with E-state index >= 15 is 0 Å². The molecule has 0 radical (unpaired) electrons. The Bertz CT molecular complexity index is 1050. The third-order valence-corrected chi connectivity index (χ3v) is 4.74. The first-order valence-electron chi connectivity index (χ1n) is 9.23. The molecule has 0 aliphatic heterocycles. The van der Waals surface area contributed by atoms with Gasteiger partial charge in [-0.25, -0.2) is 0 Å². The Kier molecular flexibility index (Phi) is 6.24. The van der Waals surface area contributed by atoms with Crippen molar-refractivity contribution in [2.75, 3.05) is 12.4 Å². The number of carbonyl (C=O) groups is 2. The van der Waals surface area contributed by atoms with Crippen LogP contribution in [0.3, 0.4) is 0 Å². The van der Waals surface area contributed by atoms with Gasteiger partial charge in [0.25, 0.3) is 11.8 Å². The van der Waals surface area contributed by atoms with Crippen LogP contribution in [0.5, 0.6) is 5.75 Å². The zero-order chi connectivity index (χ0) is 20.8. The summed E-state index contributed by atoms with van der Waals surface area (Å²) < 4.78 is 5.29. The highest BCUT2D eigenvalue weighted by Crippen LogP contribution is 2.19. The van der Waals surface area contributed by atoms with Crippen LogP contribution in [0.15, 0.2) is 60.8 Å². The molecule has 1 heterocycles. The van der Waals surface area contributed by atoms with Crippen molar-refractivity contribution >= 4 is 17.5 Å². The Morgan fingerprint density at radius 1 is 1.00 bits per heavy atom. The van der Waals surface area contributed by atoms with Crippen molar-refractivity contribution in [3.8, 4) is 5.75 Å². The Morgan fingerprint density at radius 2 is 1.79 bits per heavy atom. The van der Waals surface area contributed by atoms with Gasteiger partial charge < -0.3 is 15.4 Å². The second-order valence-electron chi connectivity index (χ2n) is 6.63. The molecule has 0 atom stereocenters. The van der Waals surface area contributed by atoms with E-state index in [1.54, 1.807) is 13.2 Å². The van der Waals surface area contributed by atoms with Crippen LogP contribution < -0.4 is 15.4 Å². The number of nitrogens with zero attached hydrogens (tertiary/aromatic N) is 1. The van der Waals surface area contributed by atoms with Gasteiger partial charge in [0.05, 0.1) is 7.11 Å². The number of amides is 2. The zero-order valence-corrected chi connectivity index (χ0v) is 16.7. The number of hydrogen-bond donors (Lipinski definition) is 2. The molecule has 1 aromatic heterocycles. The summed E-state index contributed by atoms with van der Waals surface area (Å²) in [5.41, 5.74) is 4.23. The van der Waals surface area contributed by atoms with Crippen LogP contribution in [0, 0.1) is 13.8 Å². The van der Waals surface area contributed by atoms with E-state index < -0.39 is 0 Å². The Balaban J connectivity index is 1.70. The number of aryl methyl sites for hydroxylation is 1. The lowest BCUT2D eigenvalue weighted by molar-refractivity contribution is 0.0945. The number of rotatable bonds is 6. The lowest BCUT2D eigenvalue weighted by Gasteiger charge is -2.11. The molecule has 2 amide bonds. The van der Waals surface area contributed by atoms with E-state index in [1.807, 2.05) is 56.3 Å². The number of benzene rings is 2. The fraction of sp³-hybridized carbons (Fsp3) is 0.174. The maximum atomic E-state index is 12.6. The Hall–Kier alpha value is -3.67. The van der Waals surface area contributed by atoms with E-state index in [1.165, 1.54) is 12.3 Å². The standard InChI is InChI=1S/C23H23N3O3/c1-15-7-6-9-19(16(15)2)26-22(27)17-11-12-24-20(13-17)23(28)25-14-18-8-4-5-10-21(18)29-3/h4-13H,14H2,1-3H3,(H,25,28)(H,26,27). The highest BCUT2D eigenvalue weighted by molar-refractivity contribution is 6.06. The van der Waals surface area contributed by atoms with Crippen molar-refractivity contribution < 1.29 is 14.3 Å². The normalized spacial score (nSPS) is 10.3. The highest BCUT2D eigenvalue weighted by atomic mass is 16.5. The quantitative estimate of drug-likeness (QED) is 0.670. The molecule has 6 heteroatoms. The van der Waals surface area contributed by atoms with Gasteiger partial charge in [-0.05, 0) is 49.2 Å². The van der Waals surface area contributed by atoms with Crippen molar-refractivity contribution in [1.29, 1.82) is 0 Å². The molecule has 0 bridgehead atoms. The van der Waals surface area contributed by atoms with Crippen LogP contribution in [0.1, 0.15) is 37.5 Å². The minimum absolute atomic E-state index is 0.175. The largest absolute Gasteiger partial charge is 0.496 e. The van der Waals surface area contributed by atoms with Gasteiger partial charge in [0.1, 0.15) is 11.4 Å². The molecule has 0 aliphatic rings. The van der Waals surface area contributed by atoms with Crippen molar-refractivity contribution in [1.82, 2.24) is 10.3 Å². The molecule has 148 valence electrons. The van der Waals surface area contributed by atoms with Gasteiger partial charge in [-0.2, -0.15) is 0 Å². The van der Waals surface area contributed by atoms with Crippen LogP contribution in [0.4, 0.5) is 5.69 Å². The van der Waals surface area contributed by atoms with Gasteiger partial charge >= 0.3 is 0 Å². The number of hydrogen-bond acceptors (Lipinski definition) is 4. The summed E-state index contributed by atoms with van der Waals surface area (Å²) in [7, 11) is 1.58. The van der Waals surface area contributed by atoms with Crippen LogP contribution in [0.2, 0.25) is 0 Å². The predicted octanol–water partition coefficient (Wildman–Crippen LogP) is 3.89. The highest BCUT2D eigenvalue weighted by Gasteiger charge is 2.14. The van der Waals surface area contributed by atoms with Gasteiger partial charge in [-0.15, -0.1) is 0 Å². The molecule has 0 unspecified atom stereocenters. The second-order valence-corrected chi connectivity index (χ2v) is 6.63. The third-order valence-electron chi connectivity index (χ3n) is 4.74. The van der Waals surface area contributed by atoms with E-state index in [-0.39, 0.29) is 17.5 Å². The first kappa shape index (κ1) is 20.1. The van der Waals surface area contributed by atoms with E-state index in [9.17, 15) is 9.59 Å². The van der Waals surface area contributed by atoms with Crippen molar-refractivity contribution in [2.24, 2.45) is 0 Å². The smallest absolute Gasteiger partial charge is 0.270 e. The fourth-order valence-corrected chi connectivity index (χ4v) is 2.89. The van der Waals surface area contributed by atoms with E-state index in [4.69, 9.17) is 4.74 Å². The number of ether oxygens (including phenoxy) is 1. The minimum Gasteiger partial charge on any atom is -0.496 e. The minimum atomic E-state index is -0.364. The summed E-state index contributed by atoms with van der Waals surface area (Å²) in [6, 6.07) is 16.2. The van der Waals surface area contributed by atoms with Crippen LogP contribution in [0.25, 0.3) is 0 Å². The van der Waals surface area contributed by atoms with Gasteiger partial charge in [0.15, 0.2) is 0 Å². The number of carbonyl (C=O) groups excluding carboxylic acids is 2. The molecule has 3 rings (SSSR count). The molecule has 0 fully saturated rings. The maximum absolute atomic E-state index is 12.6. The number of pyridine rings is 1. The molecular formula is C23H23N3O3. The van der Waals surface area contributed by atoms with Gasteiger partial charge in [-0.3, -0.25) is 14.6 Å². The Labute approximate surface area is 169 Å². The zero-order valence-electron chi connectivity index (χ0n) is 16.7. The number of methoxy groups -OCH3 is 1. The van der Waals surface area contributed by atoms with Gasteiger partial charge in [0, 0.05) is 29.6 Å². The number of aromatic nitrogens is 1. The summed E-state index contributed by atoms with van der Waals surface area (Å²) in [6.07, 6.45) is 1.45. The van der Waals surface area contributed by atoms with Gasteiger partial charge in [0.2, 0.25) is 0 Å². The molecule has 6 nitrogen and oxygen atoms in total. The average Bonchev–Trinajstić information content (AvgIpc) is 2.75. The first-order valence-corrected chi connectivity index (χ1v) is 9.23. The molecule has 0 aliphatic carbocycles. The monoisotopic (exact) mass is 389 g/mol. The average molecular weight is 389 g/mol. The van der Waals surface area contributed by atoms with Crippen molar-refractivity contribution in [3.63, 3.8) is 0 Å². The molecule has 0 saturated heterocycles. The summed E-state index contributed by atoms with van der Waals surface area (Å²) in [4.78, 5) is 29.2. The van der Waals surface area contributed by atoms with Crippen LogP contribution in [-0.2, 0) is 6.54 Å². The molecular weight excluding hydrogens is 366 g/mol. The maximum Gasteiger partial charge on any atom is 0.270 e. The third kappa shape index (κ3) is 4.79. The number of para-hydroxylation sites is 1. The second kappa shape index (κ2) is 9.01. The first-order chi connectivity index (χ1) is 14.0. The Morgan fingerprint density at radius 3 is 2.59 bits per heavy atom.